The molecule has 0 saturated heterocycles. The van der Waals surface area contributed by atoms with Gasteiger partial charge in [0.15, 0.2) is 5.78 Å². The molecule has 1 atom stereocenters. The zero-order chi connectivity index (χ0) is 8.93. The zero-order valence-electron chi connectivity index (χ0n) is 8.11. The first kappa shape index (κ1) is 8.03. The molecule has 12 heavy (non-hydrogen) atoms. The molecule has 1 saturated carbocycles. The minimum absolute atomic E-state index is 0.240. The van der Waals surface area contributed by atoms with E-state index >= 15 is 0 Å². The van der Waals surface area contributed by atoms with Crippen LogP contribution in [0.4, 0.5) is 0 Å². The third-order valence-corrected chi connectivity index (χ3v) is 3.48. The normalized spacial score (nSPS) is 32.9. The lowest BCUT2D eigenvalue weighted by Crippen LogP contribution is -2.15. The highest BCUT2D eigenvalue weighted by Crippen LogP contribution is 2.51. The highest BCUT2D eigenvalue weighted by atomic mass is 16.1. The number of allylic oxidation sites excluding steroid dienone is 2. The number of rotatable bonds is 0. The Morgan fingerprint density at radius 1 is 1.42 bits per heavy atom. The first-order valence-corrected chi connectivity index (χ1v) is 4.75. The van der Waals surface area contributed by atoms with E-state index in [-0.39, 0.29) is 5.41 Å². The van der Waals surface area contributed by atoms with Crippen LogP contribution >= 0.6 is 0 Å². The molecule has 0 aromatic rings. The van der Waals surface area contributed by atoms with Gasteiger partial charge < -0.3 is 0 Å². The van der Waals surface area contributed by atoms with E-state index in [0.29, 0.717) is 11.7 Å². The van der Waals surface area contributed by atoms with Gasteiger partial charge in [-0.15, -0.1) is 0 Å². The summed E-state index contributed by atoms with van der Waals surface area (Å²) in [5.74, 6) is 0.991. The second-order valence-corrected chi connectivity index (χ2v) is 4.87. The Kier molecular flexibility index (Phi) is 1.48. The second kappa shape index (κ2) is 2.21. The molecule has 0 bridgehead atoms. The summed E-state index contributed by atoms with van der Waals surface area (Å²) in [4.78, 5) is 11.6. The van der Waals surface area contributed by atoms with E-state index in [9.17, 15) is 4.79 Å². The van der Waals surface area contributed by atoms with Crippen LogP contribution in [0, 0.1) is 11.3 Å². The molecule has 0 aromatic carbocycles. The lowest BCUT2D eigenvalue weighted by Gasteiger charge is -2.23. The largest absolute Gasteiger partial charge is 0.295 e. The lowest BCUT2D eigenvalue weighted by molar-refractivity contribution is -0.115. The van der Waals surface area contributed by atoms with Crippen LogP contribution in [0.3, 0.4) is 0 Å². The molecule has 0 aliphatic heterocycles. The molecule has 0 spiro atoms. The molecular weight excluding hydrogens is 148 g/mol. The number of hydrogen-bond donors (Lipinski definition) is 0. The molecular formula is C11H16O. The predicted molar refractivity (Wildman–Crippen MR) is 48.8 cm³/mol. The van der Waals surface area contributed by atoms with E-state index in [1.165, 1.54) is 17.6 Å². The highest BCUT2D eigenvalue weighted by Gasteiger charge is 2.46. The smallest absolute Gasteiger partial charge is 0.159 e. The number of fused-ring (bicyclic) bond motifs is 1. The van der Waals surface area contributed by atoms with Gasteiger partial charge in [-0.25, -0.2) is 0 Å². The van der Waals surface area contributed by atoms with Crippen molar-refractivity contribution in [1.82, 2.24) is 0 Å². The first-order chi connectivity index (χ1) is 5.52. The Morgan fingerprint density at radius 2 is 2.08 bits per heavy atom. The summed E-state index contributed by atoms with van der Waals surface area (Å²) < 4.78 is 0. The van der Waals surface area contributed by atoms with Crippen molar-refractivity contribution < 1.29 is 4.79 Å². The molecule has 1 nitrogen and oxygen atoms in total. The molecule has 2 aliphatic carbocycles. The van der Waals surface area contributed by atoms with Crippen LogP contribution in [0.2, 0.25) is 0 Å². The number of ketones is 1. The molecule has 0 aromatic heterocycles. The summed E-state index contributed by atoms with van der Waals surface area (Å²) in [6.45, 7) is 6.57. The van der Waals surface area contributed by atoms with E-state index in [4.69, 9.17) is 0 Å². The monoisotopic (exact) mass is 164 g/mol. The van der Waals surface area contributed by atoms with Crippen LogP contribution in [0.1, 0.15) is 40.0 Å². The predicted octanol–water partition coefficient (Wildman–Crippen LogP) is 2.71. The number of carbonyl (C=O) groups excluding carboxylic acids is 1. The van der Waals surface area contributed by atoms with Crippen LogP contribution < -0.4 is 0 Å². The first-order valence-electron chi connectivity index (χ1n) is 4.75. The Labute approximate surface area is 73.8 Å². The zero-order valence-corrected chi connectivity index (χ0v) is 8.11. The third-order valence-electron chi connectivity index (χ3n) is 3.48. The fourth-order valence-electron chi connectivity index (χ4n) is 2.78. The molecule has 2 rings (SSSR count). The minimum Gasteiger partial charge on any atom is -0.295 e. The quantitative estimate of drug-likeness (QED) is 0.538. The van der Waals surface area contributed by atoms with Gasteiger partial charge >= 0.3 is 0 Å². The summed E-state index contributed by atoms with van der Waals surface area (Å²) in [5, 5.41) is 0. The van der Waals surface area contributed by atoms with Gasteiger partial charge in [-0.1, -0.05) is 19.4 Å². The summed E-state index contributed by atoms with van der Waals surface area (Å²) in [6, 6.07) is 0. The van der Waals surface area contributed by atoms with Gasteiger partial charge in [0.1, 0.15) is 0 Å². The fourth-order valence-corrected chi connectivity index (χ4v) is 2.78. The molecule has 66 valence electrons. The van der Waals surface area contributed by atoms with Crippen molar-refractivity contribution in [3.63, 3.8) is 0 Å². The molecule has 0 unspecified atom stereocenters. The molecule has 1 heteroatoms. The van der Waals surface area contributed by atoms with Crippen molar-refractivity contribution in [3.8, 4) is 0 Å². The van der Waals surface area contributed by atoms with Crippen molar-refractivity contribution in [2.45, 2.75) is 40.0 Å². The Hall–Kier alpha value is -0.590. The molecule has 2 aliphatic rings. The van der Waals surface area contributed by atoms with Crippen molar-refractivity contribution >= 4 is 5.78 Å². The average Bonchev–Trinajstić information content (AvgIpc) is 2.38. The van der Waals surface area contributed by atoms with Crippen molar-refractivity contribution in [3.05, 3.63) is 11.1 Å². The topological polar surface area (TPSA) is 17.1 Å². The van der Waals surface area contributed by atoms with Crippen molar-refractivity contribution in [2.24, 2.45) is 11.3 Å². The van der Waals surface area contributed by atoms with Gasteiger partial charge in [-0.05, 0) is 36.7 Å². The lowest BCUT2D eigenvalue weighted by atomic mass is 9.80. The Morgan fingerprint density at radius 3 is 2.67 bits per heavy atom. The second-order valence-electron chi connectivity index (χ2n) is 4.87. The maximum absolute atomic E-state index is 11.6. The van der Waals surface area contributed by atoms with Gasteiger partial charge in [0.05, 0.1) is 0 Å². The van der Waals surface area contributed by atoms with Crippen LogP contribution in [-0.2, 0) is 4.79 Å². The third kappa shape index (κ3) is 0.886. The van der Waals surface area contributed by atoms with Gasteiger partial charge in [-0.3, -0.25) is 4.79 Å². The summed E-state index contributed by atoms with van der Waals surface area (Å²) in [5.41, 5.74) is 2.78. The molecule has 0 N–H and O–H groups in total. The van der Waals surface area contributed by atoms with Crippen LogP contribution in [-0.4, -0.2) is 5.78 Å². The average molecular weight is 164 g/mol. The molecule has 0 amide bonds. The maximum Gasteiger partial charge on any atom is 0.159 e. The maximum atomic E-state index is 11.6. The van der Waals surface area contributed by atoms with E-state index in [2.05, 4.69) is 20.8 Å². The number of Topliss-reactive ketones (excluding diaryl/α,β-unsaturated/α-hetero) is 1. The fraction of sp³-hybridized carbons (Fsp3) is 0.727. The number of carbonyl (C=O) groups is 1. The molecule has 0 radical (unpaired) electrons. The minimum atomic E-state index is 0.240. The van der Waals surface area contributed by atoms with Crippen LogP contribution in [0.5, 0.6) is 0 Å². The summed E-state index contributed by atoms with van der Waals surface area (Å²) in [7, 11) is 0. The SMILES string of the molecule is CC1=C2C(=O)CC(C)(C)[C@@H]2CC1. The molecule has 0 heterocycles. The van der Waals surface area contributed by atoms with Crippen LogP contribution in [0.15, 0.2) is 11.1 Å². The Balaban J connectivity index is 2.45. The van der Waals surface area contributed by atoms with E-state index in [1.54, 1.807) is 0 Å². The number of hydrogen-bond acceptors (Lipinski definition) is 1. The van der Waals surface area contributed by atoms with Gasteiger partial charge in [0.2, 0.25) is 0 Å². The van der Waals surface area contributed by atoms with Crippen LogP contribution in [0.25, 0.3) is 0 Å². The van der Waals surface area contributed by atoms with Crippen molar-refractivity contribution in [1.29, 1.82) is 0 Å². The van der Waals surface area contributed by atoms with E-state index in [0.717, 1.165) is 12.8 Å². The highest BCUT2D eigenvalue weighted by molar-refractivity contribution is 6.00. The van der Waals surface area contributed by atoms with Gasteiger partial charge in [0.25, 0.3) is 0 Å². The van der Waals surface area contributed by atoms with E-state index in [1.807, 2.05) is 0 Å². The van der Waals surface area contributed by atoms with E-state index < -0.39 is 0 Å². The Bertz CT molecular complexity index is 271. The van der Waals surface area contributed by atoms with Gasteiger partial charge in [-0.2, -0.15) is 0 Å². The molecule has 1 fully saturated rings. The summed E-state index contributed by atoms with van der Waals surface area (Å²) in [6.07, 6.45) is 3.12. The standard InChI is InChI=1S/C11H16O/c1-7-4-5-8-10(7)9(12)6-11(8,2)3/h8H,4-6H2,1-3H3/t8-/m1/s1. The van der Waals surface area contributed by atoms with Gasteiger partial charge in [0, 0.05) is 6.42 Å². The summed E-state index contributed by atoms with van der Waals surface area (Å²) >= 11 is 0. The van der Waals surface area contributed by atoms with Crippen molar-refractivity contribution in [2.75, 3.05) is 0 Å².